The van der Waals surface area contributed by atoms with Gasteiger partial charge in [-0.05, 0) is 25.7 Å². The third-order valence-electron chi connectivity index (χ3n) is 19.6. The van der Waals surface area contributed by atoms with Gasteiger partial charge in [0.25, 0.3) is 0 Å². The van der Waals surface area contributed by atoms with Crippen molar-refractivity contribution in [2.45, 2.75) is 470 Å². The lowest BCUT2D eigenvalue weighted by atomic mass is 10.0. The Morgan fingerprint density at radius 3 is 0.578 bits per heavy atom. The third kappa shape index (κ3) is 76.3. The zero-order valence-corrected chi connectivity index (χ0v) is 68.4. The topological polar surface area (TPSA) is 237 Å². The van der Waals surface area contributed by atoms with Crippen LogP contribution in [0, 0.1) is 0 Å². The highest BCUT2D eigenvalue weighted by Crippen LogP contribution is 2.45. The summed E-state index contributed by atoms with van der Waals surface area (Å²) in [7, 11) is -9.92. The number of rotatable bonds is 84. The first-order valence-corrected chi connectivity index (χ1v) is 46.3. The van der Waals surface area contributed by atoms with E-state index >= 15 is 0 Å². The number of unbranched alkanes of at least 4 members (excludes halogenated alkanes) is 58. The molecule has 0 amide bonds. The lowest BCUT2D eigenvalue weighted by molar-refractivity contribution is -0.161. The molecular formula is C83H162O17P2. The van der Waals surface area contributed by atoms with E-state index in [0.717, 1.165) is 89.9 Å². The summed E-state index contributed by atoms with van der Waals surface area (Å²) in [6.07, 6.45) is 70.7. The molecular weight excluding hydrogens is 1330 g/mol. The highest BCUT2D eigenvalue weighted by molar-refractivity contribution is 7.47. The molecule has 0 spiro atoms. The van der Waals surface area contributed by atoms with Gasteiger partial charge in [-0.15, -0.1) is 0 Å². The van der Waals surface area contributed by atoms with Crippen molar-refractivity contribution in [3.05, 3.63) is 0 Å². The predicted molar refractivity (Wildman–Crippen MR) is 419 cm³/mol. The maximum atomic E-state index is 13.1. The number of hydrogen-bond acceptors (Lipinski definition) is 15. The molecule has 17 nitrogen and oxygen atoms in total. The van der Waals surface area contributed by atoms with Gasteiger partial charge >= 0.3 is 39.5 Å². The molecule has 0 saturated heterocycles. The lowest BCUT2D eigenvalue weighted by Gasteiger charge is -2.21. The summed E-state index contributed by atoms with van der Waals surface area (Å²) in [5.74, 6) is -2.10. The fourth-order valence-corrected chi connectivity index (χ4v) is 14.6. The number of carbonyl (C=O) groups excluding carboxylic acids is 4. The minimum Gasteiger partial charge on any atom is -0.462 e. The van der Waals surface area contributed by atoms with E-state index in [9.17, 15) is 43.2 Å². The second-order valence-electron chi connectivity index (χ2n) is 29.9. The smallest absolute Gasteiger partial charge is 0.462 e. The van der Waals surface area contributed by atoms with E-state index in [1.165, 1.54) is 283 Å². The Labute approximate surface area is 626 Å². The molecule has 0 radical (unpaired) electrons. The van der Waals surface area contributed by atoms with E-state index in [0.29, 0.717) is 25.7 Å². The van der Waals surface area contributed by atoms with Crippen LogP contribution < -0.4 is 0 Å². The molecule has 0 aromatic heterocycles. The number of hydrogen-bond donors (Lipinski definition) is 3. The van der Waals surface area contributed by atoms with Crippen molar-refractivity contribution < 1.29 is 80.2 Å². The molecule has 0 fully saturated rings. The molecule has 0 saturated carbocycles. The van der Waals surface area contributed by atoms with Crippen LogP contribution in [0.15, 0.2) is 0 Å². The zero-order chi connectivity index (χ0) is 74.6. The summed E-state index contributed by atoms with van der Waals surface area (Å²) in [5, 5.41) is 10.7. The number of phosphoric ester groups is 2. The van der Waals surface area contributed by atoms with Crippen LogP contribution >= 0.6 is 15.6 Å². The Hall–Kier alpha value is -1.94. The van der Waals surface area contributed by atoms with Crippen LogP contribution in [0.5, 0.6) is 0 Å². The highest BCUT2D eigenvalue weighted by Gasteiger charge is 2.30. The average molecular weight is 1490 g/mol. The lowest BCUT2D eigenvalue weighted by Crippen LogP contribution is -2.30. The number of carbonyl (C=O) groups is 4. The van der Waals surface area contributed by atoms with E-state index in [2.05, 4.69) is 27.7 Å². The van der Waals surface area contributed by atoms with Gasteiger partial charge in [0.05, 0.1) is 26.4 Å². The molecule has 0 aliphatic heterocycles. The maximum absolute atomic E-state index is 13.1. The summed E-state index contributed by atoms with van der Waals surface area (Å²) < 4.78 is 68.8. The molecule has 0 heterocycles. The van der Waals surface area contributed by atoms with Crippen molar-refractivity contribution >= 4 is 39.5 Å². The van der Waals surface area contributed by atoms with Crippen molar-refractivity contribution in [1.82, 2.24) is 0 Å². The van der Waals surface area contributed by atoms with Gasteiger partial charge < -0.3 is 33.8 Å². The maximum Gasteiger partial charge on any atom is 0.472 e. The van der Waals surface area contributed by atoms with Crippen LogP contribution in [0.3, 0.4) is 0 Å². The number of ether oxygens (including phenoxy) is 4. The Balaban J connectivity index is 5.23. The molecule has 3 N–H and O–H groups in total. The Kier molecular flexibility index (Phi) is 75.8. The third-order valence-corrected chi connectivity index (χ3v) is 21.5. The summed E-state index contributed by atoms with van der Waals surface area (Å²) in [6.45, 7) is 5.04. The summed E-state index contributed by atoms with van der Waals surface area (Å²) >= 11 is 0. The van der Waals surface area contributed by atoms with Gasteiger partial charge in [-0.3, -0.25) is 37.3 Å². The molecule has 0 aliphatic carbocycles. The molecule has 2 unspecified atom stereocenters. The molecule has 0 bridgehead atoms. The van der Waals surface area contributed by atoms with E-state index in [-0.39, 0.29) is 25.7 Å². The summed E-state index contributed by atoms with van der Waals surface area (Å²) in [6, 6.07) is 0. The fourth-order valence-electron chi connectivity index (χ4n) is 13.0. The van der Waals surface area contributed by atoms with Crippen molar-refractivity contribution in [1.29, 1.82) is 0 Å². The monoisotopic (exact) mass is 1490 g/mol. The van der Waals surface area contributed by atoms with Crippen molar-refractivity contribution in [3.8, 4) is 0 Å². The molecule has 19 heteroatoms. The fraction of sp³-hybridized carbons (Fsp3) is 0.952. The van der Waals surface area contributed by atoms with Crippen molar-refractivity contribution in [3.63, 3.8) is 0 Å². The SMILES string of the molecule is CCCCCCCCCCCCCCCCCCCCC(=O)O[C@H](COC(=O)CCCCCCCCCCCCCCCCCCC)COP(=O)(O)OC[C@@H](O)COP(=O)(O)OC[C@@H](COC(=O)CCCCCCCCCCCC)OC(=O)CCCCCCCCCCCCCCCCCCC. The minimum atomic E-state index is -4.96. The molecule has 0 aromatic carbocycles. The van der Waals surface area contributed by atoms with Crippen molar-refractivity contribution in [2.24, 2.45) is 0 Å². The quantitative estimate of drug-likeness (QED) is 0.0222. The van der Waals surface area contributed by atoms with Crippen LogP contribution in [0.1, 0.15) is 451 Å². The number of esters is 4. The first kappa shape index (κ1) is 100. The summed E-state index contributed by atoms with van der Waals surface area (Å²) in [5.41, 5.74) is 0. The van der Waals surface area contributed by atoms with Crippen LogP contribution in [0.4, 0.5) is 0 Å². The normalized spacial score (nSPS) is 13.8. The molecule has 5 atom stereocenters. The molecule has 0 rings (SSSR count). The van der Waals surface area contributed by atoms with Gasteiger partial charge in [0.1, 0.15) is 19.3 Å². The van der Waals surface area contributed by atoms with E-state index in [1.807, 2.05) is 0 Å². The van der Waals surface area contributed by atoms with Gasteiger partial charge in [0, 0.05) is 25.7 Å². The number of aliphatic hydroxyl groups excluding tert-OH is 1. The largest absolute Gasteiger partial charge is 0.472 e. The number of aliphatic hydroxyl groups is 1. The standard InChI is InChI=1S/C83H162O17P2/c1-5-9-13-17-21-25-29-32-35-38-41-44-47-50-54-58-62-66-70-83(88)100-79(74-94-81(86)68-64-60-56-52-48-45-42-39-36-33-30-26-22-18-14-10-6-2)76-98-102(91,92)96-72-77(84)71-95-101(89,90)97-75-78(73-93-80(85)67-63-59-55-51-28-24-20-16-12-8-4)99-82(87)69-65-61-57-53-49-46-43-40-37-34-31-27-23-19-15-11-7-3/h77-79,84H,5-76H2,1-4H3,(H,89,90)(H,91,92)/t77-,78+,79+/m0/s1. The Morgan fingerprint density at radius 2 is 0.392 bits per heavy atom. The van der Waals surface area contributed by atoms with Gasteiger partial charge in [-0.25, -0.2) is 9.13 Å². The van der Waals surface area contributed by atoms with Crippen LogP contribution in [0.25, 0.3) is 0 Å². The average Bonchev–Trinajstić information content (AvgIpc) is 0.918. The van der Waals surface area contributed by atoms with Gasteiger partial charge in [0.2, 0.25) is 0 Å². The minimum absolute atomic E-state index is 0.109. The second kappa shape index (κ2) is 77.2. The van der Waals surface area contributed by atoms with Crippen LogP contribution in [0.2, 0.25) is 0 Å². The van der Waals surface area contributed by atoms with Crippen LogP contribution in [-0.4, -0.2) is 96.7 Å². The molecule has 0 aliphatic rings. The molecule has 0 aromatic rings. The first-order chi connectivity index (χ1) is 49.7. The molecule has 606 valence electrons. The number of phosphoric acid groups is 2. The predicted octanol–water partition coefficient (Wildman–Crippen LogP) is 25.4. The van der Waals surface area contributed by atoms with Gasteiger partial charge in [0.15, 0.2) is 12.2 Å². The summed E-state index contributed by atoms with van der Waals surface area (Å²) in [4.78, 5) is 73.1. The van der Waals surface area contributed by atoms with Gasteiger partial charge in [-0.1, -0.05) is 400 Å². The molecule has 102 heavy (non-hydrogen) atoms. The van der Waals surface area contributed by atoms with Crippen molar-refractivity contribution in [2.75, 3.05) is 39.6 Å². The van der Waals surface area contributed by atoms with E-state index in [4.69, 9.17) is 37.0 Å². The highest BCUT2D eigenvalue weighted by atomic mass is 31.2. The van der Waals surface area contributed by atoms with Crippen LogP contribution in [-0.2, 0) is 65.4 Å². The Bertz CT molecular complexity index is 1930. The van der Waals surface area contributed by atoms with E-state index < -0.39 is 97.5 Å². The first-order valence-electron chi connectivity index (χ1n) is 43.3. The van der Waals surface area contributed by atoms with E-state index in [1.54, 1.807) is 0 Å². The Morgan fingerprint density at radius 1 is 0.235 bits per heavy atom. The second-order valence-corrected chi connectivity index (χ2v) is 32.8. The van der Waals surface area contributed by atoms with Gasteiger partial charge in [-0.2, -0.15) is 0 Å². The zero-order valence-electron chi connectivity index (χ0n) is 66.6.